The first-order valence-corrected chi connectivity index (χ1v) is 19.1. The molecule has 1 aliphatic carbocycles. The molecule has 1 heterocycles. The lowest BCUT2D eigenvalue weighted by Crippen LogP contribution is -2.47. The van der Waals surface area contributed by atoms with E-state index in [1.54, 1.807) is 12.1 Å². The zero-order valence-electron chi connectivity index (χ0n) is 31.6. The smallest absolute Gasteiger partial charge is 0.423 e. The molecule has 50 heavy (non-hydrogen) atoms. The maximum Gasteiger partial charge on any atom is 0.423 e. The molecular weight excluding hydrogens is 624 g/mol. The highest BCUT2D eigenvalue weighted by Gasteiger charge is 2.47. The van der Waals surface area contributed by atoms with Crippen LogP contribution >= 0.6 is 0 Å². The Labute approximate surface area is 299 Å². The Bertz CT molecular complexity index is 1680. The number of benzene rings is 3. The van der Waals surface area contributed by atoms with E-state index in [0.29, 0.717) is 17.2 Å². The summed E-state index contributed by atoms with van der Waals surface area (Å²) in [5, 5.41) is 11.5. The second-order valence-electron chi connectivity index (χ2n) is 15.8. The molecule has 3 atom stereocenters. The van der Waals surface area contributed by atoms with Crippen LogP contribution in [-0.4, -0.2) is 22.6 Å². The largest absolute Gasteiger partial charge is 0.507 e. The molecule has 2 aliphatic rings. The molecule has 1 N–H and O–H groups in total. The predicted molar refractivity (Wildman–Crippen MR) is 200 cm³/mol. The Hall–Kier alpha value is -3.80. The van der Waals surface area contributed by atoms with Gasteiger partial charge in [-0.15, -0.1) is 0 Å². The Morgan fingerprint density at radius 1 is 0.880 bits per heavy atom. The maximum absolute atomic E-state index is 13.8. The molecule has 0 aromatic heterocycles. The van der Waals surface area contributed by atoms with Gasteiger partial charge in [0.1, 0.15) is 28.6 Å². The standard InChI is InChI=1S/C44H58O6/c1-9-11-13-15-30-23-36(45)40(33-21-28(5)17-19-32(33)27(3)4)37(24-30)48-42(46)43(47)49-38-25-31(16-14-12-10-2)26-39-41(38)34-22-29(6)18-20-35(34)44(7,8)50-39/h17,19,21,23-27,29,34-35,45H,9-16,18,20,22H2,1-8H3/t29-,34+,35+/m0/s1. The van der Waals surface area contributed by atoms with Gasteiger partial charge in [-0.2, -0.15) is 0 Å². The Kier molecular flexibility index (Phi) is 12.0. The molecule has 0 spiro atoms. The van der Waals surface area contributed by atoms with Crippen LogP contribution in [0.15, 0.2) is 42.5 Å². The van der Waals surface area contributed by atoms with Crippen LogP contribution in [-0.2, 0) is 22.4 Å². The molecule has 0 saturated heterocycles. The number of hydrogen-bond donors (Lipinski definition) is 1. The van der Waals surface area contributed by atoms with Gasteiger partial charge in [0, 0.05) is 11.5 Å². The number of aromatic hydroxyl groups is 1. The molecule has 6 heteroatoms. The van der Waals surface area contributed by atoms with Crippen LogP contribution in [0.5, 0.6) is 23.0 Å². The number of aryl methyl sites for hydroxylation is 3. The maximum atomic E-state index is 13.8. The van der Waals surface area contributed by atoms with E-state index in [1.165, 1.54) is 0 Å². The van der Waals surface area contributed by atoms with Crippen molar-refractivity contribution in [1.82, 2.24) is 0 Å². The molecule has 1 fully saturated rings. The fourth-order valence-electron chi connectivity index (χ4n) is 8.21. The third-order valence-electron chi connectivity index (χ3n) is 10.9. The van der Waals surface area contributed by atoms with Gasteiger partial charge in [-0.3, -0.25) is 0 Å². The second-order valence-corrected chi connectivity index (χ2v) is 15.8. The summed E-state index contributed by atoms with van der Waals surface area (Å²) in [4.78, 5) is 27.5. The molecule has 3 aromatic carbocycles. The van der Waals surface area contributed by atoms with Gasteiger partial charge in [0.25, 0.3) is 0 Å². The minimum absolute atomic E-state index is 0.0220. The number of phenolic OH excluding ortho intramolecular Hbond substituents is 1. The van der Waals surface area contributed by atoms with Gasteiger partial charge < -0.3 is 19.3 Å². The van der Waals surface area contributed by atoms with E-state index in [9.17, 15) is 14.7 Å². The first-order chi connectivity index (χ1) is 23.8. The molecule has 1 saturated carbocycles. The summed E-state index contributed by atoms with van der Waals surface area (Å²) >= 11 is 0. The first-order valence-electron chi connectivity index (χ1n) is 19.1. The van der Waals surface area contributed by atoms with E-state index in [-0.39, 0.29) is 34.9 Å². The predicted octanol–water partition coefficient (Wildman–Crippen LogP) is 11.2. The van der Waals surface area contributed by atoms with Crippen LogP contribution in [0, 0.1) is 18.8 Å². The lowest BCUT2D eigenvalue weighted by Gasteiger charge is -2.49. The number of esters is 2. The summed E-state index contributed by atoms with van der Waals surface area (Å²) in [7, 11) is 0. The summed E-state index contributed by atoms with van der Waals surface area (Å²) in [6.07, 6.45) is 10.9. The van der Waals surface area contributed by atoms with Crippen molar-refractivity contribution in [3.8, 4) is 34.1 Å². The molecule has 6 nitrogen and oxygen atoms in total. The van der Waals surface area contributed by atoms with Gasteiger partial charge >= 0.3 is 11.9 Å². The Balaban J connectivity index is 1.52. The van der Waals surface area contributed by atoms with Crippen LogP contribution in [0.2, 0.25) is 0 Å². The highest BCUT2D eigenvalue weighted by molar-refractivity contribution is 6.31. The number of phenols is 1. The van der Waals surface area contributed by atoms with Crippen LogP contribution in [0.4, 0.5) is 0 Å². The zero-order chi connectivity index (χ0) is 36.2. The Morgan fingerprint density at radius 2 is 1.50 bits per heavy atom. The monoisotopic (exact) mass is 682 g/mol. The fraction of sp³-hybridized carbons (Fsp3) is 0.545. The molecule has 3 aromatic rings. The van der Waals surface area contributed by atoms with Crippen LogP contribution in [0.25, 0.3) is 11.1 Å². The normalized spacial score (nSPS) is 19.3. The summed E-state index contributed by atoms with van der Waals surface area (Å²) in [6.45, 7) is 17.1. The van der Waals surface area contributed by atoms with Gasteiger partial charge in [0.15, 0.2) is 0 Å². The van der Waals surface area contributed by atoms with Crippen molar-refractivity contribution in [3.63, 3.8) is 0 Å². The van der Waals surface area contributed by atoms with E-state index in [0.717, 1.165) is 110 Å². The number of carbonyl (C=O) groups excluding carboxylic acids is 2. The summed E-state index contributed by atoms with van der Waals surface area (Å²) < 4.78 is 18.7. The van der Waals surface area contributed by atoms with Crippen molar-refractivity contribution < 1.29 is 28.9 Å². The van der Waals surface area contributed by atoms with Crippen molar-refractivity contribution >= 4 is 11.9 Å². The third kappa shape index (κ3) is 8.38. The number of carbonyl (C=O) groups is 2. The third-order valence-corrected chi connectivity index (χ3v) is 10.9. The quantitative estimate of drug-likeness (QED) is 0.0886. The topological polar surface area (TPSA) is 82.1 Å². The highest BCUT2D eigenvalue weighted by atomic mass is 16.6. The van der Waals surface area contributed by atoms with Gasteiger partial charge in [-0.25, -0.2) is 9.59 Å². The van der Waals surface area contributed by atoms with Crippen molar-refractivity contribution in [1.29, 1.82) is 0 Å². The SMILES string of the molecule is CCCCCc1cc(O)c(-c2cc(C)ccc2C(C)C)c(OC(=O)C(=O)Oc2cc(CCCCC)cc3c2[C@@H]2C[C@@H](C)CC[C@H]2C(C)(C)O3)c1. The van der Waals surface area contributed by atoms with E-state index >= 15 is 0 Å². The number of unbranched alkanes of at least 4 members (excludes halogenated alkanes) is 4. The molecule has 0 unspecified atom stereocenters. The van der Waals surface area contributed by atoms with E-state index < -0.39 is 11.9 Å². The van der Waals surface area contributed by atoms with Crippen LogP contribution in [0.1, 0.15) is 146 Å². The van der Waals surface area contributed by atoms with Gasteiger partial charge in [-0.1, -0.05) is 90.5 Å². The minimum Gasteiger partial charge on any atom is -0.507 e. The van der Waals surface area contributed by atoms with Crippen molar-refractivity contribution in [3.05, 3.63) is 70.3 Å². The van der Waals surface area contributed by atoms with Crippen molar-refractivity contribution in [2.75, 3.05) is 0 Å². The van der Waals surface area contributed by atoms with Gasteiger partial charge in [0.05, 0.1) is 5.56 Å². The van der Waals surface area contributed by atoms with E-state index in [2.05, 4.69) is 54.5 Å². The summed E-state index contributed by atoms with van der Waals surface area (Å²) in [6, 6.07) is 13.7. The number of ether oxygens (including phenoxy) is 3. The highest BCUT2D eigenvalue weighted by Crippen LogP contribution is 2.56. The van der Waals surface area contributed by atoms with E-state index in [1.807, 2.05) is 31.2 Å². The molecule has 0 bridgehead atoms. The minimum atomic E-state index is -1.12. The average molecular weight is 683 g/mol. The lowest BCUT2D eigenvalue weighted by atomic mass is 9.64. The second kappa shape index (κ2) is 16.0. The fourth-order valence-corrected chi connectivity index (χ4v) is 8.21. The number of hydrogen-bond acceptors (Lipinski definition) is 6. The Morgan fingerprint density at radius 3 is 2.14 bits per heavy atom. The number of fused-ring (bicyclic) bond motifs is 3. The van der Waals surface area contributed by atoms with Crippen LogP contribution in [0.3, 0.4) is 0 Å². The molecular formula is C44H58O6. The molecule has 270 valence electrons. The molecule has 0 amide bonds. The van der Waals surface area contributed by atoms with Crippen LogP contribution < -0.4 is 14.2 Å². The van der Waals surface area contributed by atoms with Crippen molar-refractivity contribution in [2.24, 2.45) is 11.8 Å². The summed E-state index contributed by atoms with van der Waals surface area (Å²) in [5.74, 6) is 0.231. The summed E-state index contributed by atoms with van der Waals surface area (Å²) in [5.41, 5.74) is 5.61. The van der Waals surface area contributed by atoms with Crippen molar-refractivity contribution in [2.45, 2.75) is 143 Å². The molecule has 1 aliphatic heterocycles. The lowest BCUT2D eigenvalue weighted by molar-refractivity contribution is -0.156. The number of rotatable bonds is 12. The average Bonchev–Trinajstić information content (AvgIpc) is 3.04. The zero-order valence-corrected chi connectivity index (χ0v) is 31.6. The van der Waals surface area contributed by atoms with Gasteiger partial charge in [0.2, 0.25) is 0 Å². The van der Waals surface area contributed by atoms with E-state index in [4.69, 9.17) is 14.2 Å². The molecule has 0 radical (unpaired) electrons. The first kappa shape index (κ1) is 37.5. The molecule has 5 rings (SSSR count). The van der Waals surface area contributed by atoms with Gasteiger partial charge in [-0.05, 0) is 124 Å².